The zero-order valence-electron chi connectivity index (χ0n) is 16.7. The average Bonchev–Trinajstić information content (AvgIpc) is 3.27. The van der Waals surface area contributed by atoms with E-state index in [2.05, 4.69) is 27.3 Å². The second kappa shape index (κ2) is 9.54. The third-order valence-corrected chi connectivity index (χ3v) is 5.99. The number of carbonyl (C=O) groups is 2. The minimum atomic E-state index is -0.304. The molecule has 2 amide bonds. The summed E-state index contributed by atoms with van der Waals surface area (Å²) < 4.78 is 0. The molecule has 0 aliphatic carbocycles. The second-order valence-corrected chi connectivity index (χ2v) is 8.12. The van der Waals surface area contributed by atoms with Crippen molar-refractivity contribution in [2.45, 2.75) is 6.42 Å². The molecule has 0 unspecified atom stereocenters. The number of para-hydroxylation sites is 1. The highest BCUT2D eigenvalue weighted by atomic mass is 32.1. The van der Waals surface area contributed by atoms with Gasteiger partial charge in [0.2, 0.25) is 5.91 Å². The van der Waals surface area contributed by atoms with Crippen molar-refractivity contribution in [3.8, 4) is 0 Å². The molecule has 30 heavy (non-hydrogen) atoms. The fraction of sp³-hybridized carbons (Fsp3) is 0.261. The van der Waals surface area contributed by atoms with Gasteiger partial charge in [-0.2, -0.15) is 0 Å². The monoisotopic (exact) mass is 420 g/mol. The molecule has 7 heteroatoms. The van der Waals surface area contributed by atoms with Gasteiger partial charge < -0.3 is 15.1 Å². The van der Waals surface area contributed by atoms with Crippen LogP contribution in [0.2, 0.25) is 0 Å². The molecule has 1 aliphatic rings. The van der Waals surface area contributed by atoms with Gasteiger partial charge in [-0.15, -0.1) is 11.3 Å². The summed E-state index contributed by atoms with van der Waals surface area (Å²) in [6.45, 7) is 2.88. The summed E-state index contributed by atoms with van der Waals surface area (Å²) in [6.07, 6.45) is 0.698. The predicted molar refractivity (Wildman–Crippen MR) is 119 cm³/mol. The Morgan fingerprint density at radius 2 is 1.60 bits per heavy atom. The zero-order chi connectivity index (χ0) is 20.8. The van der Waals surface area contributed by atoms with Gasteiger partial charge in [0.05, 0.1) is 11.6 Å². The summed E-state index contributed by atoms with van der Waals surface area (Å²) in [4.78, 5) is 33.4. The molecule has 1 fully saturated rings. The van der Waals surface area contributed by atoms with Gasteiger partial charge in [-0.1, -0.05) is 48.5 Å². The fourth-order valence-electron chi connectivity index (χ4n) is 3.48. The van der Waals surface area contributed by atoms with Crippen molar-refractivity contribution >= 4 is 28.8 Å². The topological polar surface area (TPSA) is 65.5 Å². The van der Waals surface area contributed by atoms with E-state index in [1.54, 1.807) is 5.38 Å². The van der Waals surface area contributed by atoms with Crippen molar-refractivity contribution in [2.75, 3.05) is 37.6 Å². The van der Waals surface area contributed by atoms with Crippen molar-refractivity contribution in [3.63, 3.8) is 0 Å². The summed E-state index contributed by atoms with van der Waals surface area (Å²) in [5.41, 5.74) is 2.70. The highest BCUT2D eigenvalue weighted by Crippen LogP contribution is 2.16. The van der Waals surface area contributed by atoms with Gasteiger partial charge in [0.15, 0.2) is 0 Å². The van der Waals surface area contributed by atoms with Crippen LogP contribution in [0, 0.1) is 0 Å². The molecule has 2 aromatic carbocycles. The largest absolute Gasteiger partial charge is 0.368 e. The standard InChI is InChI=1S/C23H24N4O2S/c28-22(27-13-11-26(12-14-27)19-9-5-2-6-10-19)16-24-23(29)20-17-30-21(25-20)15-18-7-3-1-4-8-18/h1-10,17H,11-16H2,(H,24,29). The van der Waals surface area contributed by atoms with Crippen molar-refractivity contribution in [3.05, 3.63) is 82.3 Å². The molecule has 154 valence electrons. The Morgan fingerprint density at radius 1 is 0.933 bits per heavy atom. The van der Waals surface area contributed by atoms with Gasteiger partial charge in [-0.3, -0.25) is 9.59 Å². The molecule has 6 nitrogen and oxygen atoms in total. The van der Waals surface area contributed by atoms with Crippen LogP contribution in [0.25, 0.3) is 0 Å². The SMILES string of the molecule is O=C(NCC(=O)N1CCN(c2ccccc2)CC1)c1csc(Cc2ccccc2)n1. The predicted octanol–water partition coefficient (Wildman–Crippen LogP) is 2.81. The Labute approximate surface area is 180 Å². The molecule has 0 radical (unpaired) electrons. The Kier molecular flexibility index (Phi) is 6.39. The number of nitrogens with zero attached hydrogens (tertiary/aromatic N) is 3. The molecule has 1 N–H and O–H groups in total. The highest BCUT2D eigenvalue weighted by molar-refractivity contribution is 7.09. The van der Waals surface area contributed by atoms with Crippen molar-refractivity contribution < 1.29 is 9.59 Å². The van der Waals surface area contributed by atoms with E-state index in [9.17, 15) is 9.59 Å². The molecule has 2 heterocycles. The van der Waals surface area contributed by atoms with Gasteiger partial charge in [0, 0.05) is 43.7 Å². The van der Waals surface area contributed by atoms with Crippen LogP contribution in [0.15, 0.2) is 66.0 Å². The minimum absolute atomic E-state index is 0.00425. The van der Waals surface area contributed by atoms with Crippen LogP contribution in [0.1, 0.15) is 21.1 Å². The first-order valence-electron chi connectivity index (χ1n) is 10.0. The number of benzene rings is 2. The Hall–Kier alpha value is -3.19. The number of piperazine rings is 1. The Balaban J connectivity index is 1.24. The molecule has 0 saturated carbocycles. The van der Waals surface area contributed by atoms with Crippen LogP contribution in [-0.2, 0) is 11.2 Å². The van der Waals surface area contributed by atoms with Gasteiger partial charge in [0.25, 0.3) is 5.91 Å². The fourth-order valence-corrected chi connectivity index (χ4v) is 4.29. The van der Waals surface area contributed by atoms with E-state index in [0.29, 0.717) is 25.2 Å². The number of amides is 2. The highest BCUT2D eigenvalue weighted by Gasteiger charge is 2.22. The maximum absolute atomic E-state index is 12.5. The molecule has 4 rings (SSSR count). The van der Waals surface area contributed by atoms with Crippen LogP contribution < -0.4 is 10.2 Å². The molecule has 3 aromatic rings. The number of thiazole rings is 1. The molecule has 1 aromatic heterocycles. The van der Waals surface area contributed by atoms with E-state index in [-0.39, 0.29) is 18.4 Å². The van der Waals surface area contributed by atoms with E-state index < -0.39 is 0 Å². The van der Waals surface area contributed by atoms with Gasteiger partial charge in [-0.25, -0.2) is 4.98 Å². The van der Waals surface area contributed by atoms with Gasteiger partial charge in [-0.05, 0) is 17.7 Å². The van der Waals surface area contributed by atoms with Crippen LogP contribution in [0.5, 0.6) is 0 Å². The summed E-state index contributed by atoms with van der Waals surface area (Å²) in [5.74, 6) is -0.363. The Bertz CT molecular complexity index is 983. The molecular weight excluding hydrogens is 396 g/mol. The first-order valence-corrected chi connectivity index (χ1v) is 10.9. The lowest BCUT2D eigenvalue weighted by molar-refractivity contribution is -0.130. The smallest absolute Gasteiger partial charge is 0.271 e. The van der Waals surface area contributed by atoms with Crippen LogP contribution in [-0.4, -0.2) is 54.4 Å². The molecule has 1 saturated heterocycles. The normalized spacial score (nSPS) is 13.9. The second-order valence-electron chi connectivity index (χ2n) is 7.17. The molecule has 0 spiro atoms. The third kappa shape index (κ3) is 5.04. The van der Waals surface area contributed by atoms with E-state index in [1.807, 2.05) is 53.4 Å². The lowest BCUT2D eigenvalue weighted by Crippen LogP contribution is -2.51. The van der Waals surface area contributed by atoms with Crippen molar-refractivity contribution in [2.24, 2.45) is 0 Å². The summed E-state index contributed by atoms with van der Waals surface area (Å²) >= 11 is 1.46. The van der Waals surface area contributed by atoms with E-state index in [4.69, 9.17) is 0 Å². The number of anilines is 1. The summed E-state index contributed by atoms with van der Waals surface area (Å²) in [6, 6.07) is 20.2. The quantitative estimate of drug-likeness (QED) is 0.666. The van der Waals surface area contributed by atoms with Crippen LogP contribution in [0.3, 0.4) is 0 Å². The van der Waals surface area contributed by atoms with Gasteiger partial charge in [0.1, 0.15) is 5.69 Å². The maximum atomic E-state index is 12.5. The van der Waals surface area contributed by atoms with E-state index in [1.165, 1.54) is 17.0 Å². The number of nitrogens with one attached hydrogen (secondary N) is 1. The Morgan fingerprint density at radius 3 is 2.30 bits per heavy atom. The van der Waals surface area contributed by atoms with E-state index >= 15 is 0 Å². The van der Waals surface area contributed by atoms with Gasteiger partial charge >= 0.3 is 0 Å². The first kappa shape index (κ1) is 20.1. The van der Waals surface area contributed by atoms with Crippen molar-refractivity contribution in [1.29, 1.82) is 0 Å². The minimum Gasteiger partial charge on any atom is -0.368 e. The first-order chi connectivity index (χ1) is 14.7. The van der Waals surface area contributed by atoms with Crippen LogP contribution in [0.4, 0.5) is 5.69 Å². The molecular formula is C23H24N4O2S. The van der Waals surface area contributed by atoms with Crippen molar-refractivity contribution in [1.82, 2.24) is 15.2 Å². The number of hydrogen-bond donors (Lipinski definition) is 1. The number of hydrogen-bond acceptors (Lipinski definition) is 5. The summed E-state index contributed by atoms with van der Waals surface area (Å²) in [5, 5.41) is 5.35. The number of aromatic nitrogens is 1. The summed E-state index contributed by atoms with van der Waals surface area (Å²) in [7, 11) is 0. The number of carbonyl (C=O) groups excluding carboxylic acids is 2. The molecule has 0 atom stereocenters. The third-order valence-electron chi connectivity index (χ3n) is 5.14. The average molecular weight is 421 g/mol. The lowest BCUT2D eigenvalue weighted by Gasteiger charge is -2.36. The maximum Gasteiger partial charge on any atom is 0.271 e. The molecule has 1 aliphatic heterocycles. The lowest BCUT2D eigenvalue weighted by atomic mass is 10.2. The van der Waals surface area contributed by atoms with E-state index in [0.717, 1.165) is 23.7 Å². The molecule has 0 bridgehead atoms. The number of rotatable bonds is 6. The van der Waals surface area contributed by atoms with Crippen LogP contribution >= 0.6 is 11.3 Å². The zero-order valence-corrected chi connectivity index (χ0v) is 17.5.